The Hall–Kier alpha value is -2.03. The third-order valence-corrected chi connectivity index (χ3v) is 6.66. The van der Waals surface area contributed by atoms with Crippen molar-refractivity contribution in [3.8, 4) is 5.75 Å². The molecule has 1 aliphatic heterocycles. The topological polar surface area (TPSA) is 51.1 Å². The number of halogens is 2. The predicted molar refractivity (Wildman–Crippen MR) is 97.4 cm³/mol. The van der Waals surface area contributed by atoms with Crippen LogP contribution in [0.1, 0.15) is 5.56 Å². The first-order valence-corrected chi connectivity index (χ1v) is 10.3. The van der Waals surface area contributed by atoms with Crippen molar-refractivity contribution in [2.24, 2.45) is 0 Å². The molecule has 0 atom stereocenters. The molecule has 1 N–H and O–H groups in total. The van der Waals surface area contributed by atoms with E-state index in [-0.39, 0.29) is 13.1 Å². The highest BCUT2D eigenvalue weighted by Gasteiger charge is 2.32. The van der Waals surface area contributed by atoms with Crippen LogP contribution in [0.3, 0.4) is 0 Å². The zero-order valence-electron chi connectivity index (χ0n) is 15.1. The van der Waals surface area contributed by atoms with Gasteiger partial charge in [-0.2, -0.15) is 4.31 Å². The monoisotopic (exact) mass is 397 g/mol. The van der Waals surface area contributed by atoms with Crippen LogP contribution in [0.4, 0.5) is 8.78 Å². The number of sulfonamides is 1. The van der Waals surface area contributed by atoms with Gasteiger partial charge in [0.05, 0.1) is 26.2 Å². The van der Waals surface area contributed by atoms with E-state index in [2.05, 4.69) is 0 Å². The Morgan fingerprint density at radius 3 is 2.52 bits per heavy atom. The molecule has 5 nitrogen and oxygen atoms in total. The van der Waals surface area contributed by atoms with Crippen molar-refractivity contribution in [1.29, 1.82) is 0 Å². The van der Waals surface area contributed by atoms with Crippen molar-refractivity contribution >= 4 is 10.0 Å². The van der Waals surface area contributed by atoms with E-state index in [1.807, 2.05) is 31.2 Å². The number of quaternary nitrogens is 1. The van der Waals surface area contributed by atoms with Gasteiger partial charge >= 0.3 is 0 Å². The lowest BCUT2D eigenvalue weighted by atomic mass is 10.2. The fourth-order valence-corrected chi connectivity index (χ4v) is 4.65. The summed E-state index contributed by atoms with van der Waals surface area (Å²) in [6.07, 6.45) is 0. The van der Waals surface area contributed by atoms with Crippen LogP contribution in [0.15, 0.2) is 47.4 Å². The molecule has 0 radical (unpaired) electrons. The second kappa shape index (κ2) is 8.33. The highest BCUT2D eigenvalue weighted by Crippen LogP contribution is 2.20. The SMILES string of the molecule is Cc1ccccc1OCC[NH+]1CCN(S(=O)(=O)c2cc(F)ccc2F)CC1. The van der Waals surface area contributed by atoms with Crippen LogP contribution in [0.5, 0.6) is 5.75 Å². The number of nitrogens with one attached hydrogen (secondary N) is 1. The highest BCUT2D eigenvalue weighted by atomic mass is 32.2. The molecule has 1 heterocycles. The van der Waals surface area contributed by atoms with Gasteiger partial charge in [-0.3, -0.25) is 0 Å². The average Bonchev–Trinajstić information content (AvgIpc) is 2.65. The molecule has 146 valence electrons. The first kappa shape index (κ1) is 19.7. The maximum Gasteiger partial charge on any atom is 0.246 e. The largest absolute Gasteiger partial charge is 0.487 e. The van der Waals surface area contributed by atoms with E-state index in [0.717, 1.165) is 36.1 Å². The predicted octanol–water partition coefficient (Wildman–Crippen LogP) is 1.24. The highest BCUT2D eigenvalue weighted by molar-refractivity contribution is 7.89. The molecule has 0 bridgehead atoms. The molecule has 2 aromatic rings. The third kappa shape index (κ3) is 4.63. The summed E-state index contributed by atoms with van der Waals surface area (Å²) in [7, 11) is -4.03. The van der Waals surface area contributed by atoms with Crippen LogP contribution in [0.2, 0.25) is 0 Å². The number of rotatable bonds is 6. The number of nitrogens with zero attached hydrogens (tertiary/aromatic N) is 1. The summed E-state index contributed by atoms with van der Waals surface area (Å²) in [5.74, 6) is -0.856. The van der Waals surface area contributed by atoms with Crippen LogP contribution in [0.25, 0.3) is 0 Å². The molecular weight excluding hydrogens is 374 g/mol. The molecule has 8 heteroatoms. The molecule has 0 unspecified atom stereocenters. The van der Waals surface area contributed by atoms with Gasteiger partial charge in [0.1, 0.15) is 35.4 Å². The minimum atomic E-state index is -4.03. The summed E-state index contributed by atoms with van der Waals surface area (Å²) >= 11 is 0. The van der Waals surface area contributed by atoms with Gasteiger partial charge < -0.3 is 9.64 Å². The van der Waals surface area contributed by atoms with Gasteiger partial charge in [-0.1, -0.05) is 18.2 Å². The van der Waals surface area contributed by atoms with Crippen LogP contribution < -0.4 is 9.64 Å². The van der Waals surface area contributed by atoms with Gasteiger partial charge in [0.15, 0.2) is 0 Å². The van der Waals surface area contributed by atoms with Gasteiger partial charge in [-0.15, -0.1) is 0 Å². The second-order valence-corrected chi connectivity index (χ2v) is 8.50. The summed E-state index contributed by atoms with van der Waals surface area (Å²) in [5, 5.41) is 0. The van der Waals surface area contributed by atoms with Crippen molar-refractivity contribution in [2.45, 2.75) is 11.8 Å². The Labute approximate surface area is 158 Å². The quantitative estimate of drug-likeness (QED) is 0.798. The summed E-state index contributed by atoms with van der Waals surface area (Å²) in [4.78, 5) is 0.614. The molecule has 1 saturated heterocycles. The summed E-state index contributed by atoms with van der Waals surface area (Å²) in [6, 6.07) is 10.3. The molecule has 0 saturated carbocycles. The first-order valence-electron chi connectivity index (χ1n) is 8.85. The zero-order chi connectivity index (χ0) is 19.4. The fraction of sp³-hybridized carbons (Fsp3) is 0.368. The number of piperazine rings is 1. The minimum Gasteiger partial charge on any atom is -0.487 e. The van der Waals surface area contributed by atoms with Crippen LogP contribution in [0, 0.1) is 18.6 Å². The number of ether oxygens (including phenoxy) is 1. The lowest BCUT2D eigenvalue weighted by Gasteiger charge is -2.31. The van der Waals surface area contributed by atoms with Crippen molar-refractivity contribution in [2.75, 3.05) is 39.3 Å². The maximum atomic E-state index is 13.9. The van der Waals surface area contributed by atoms with E-state index in [1.165, 1.54) is 9.21 Å². The van der Waals surface area contributed by atoms with Gasteiger partial charge in [-0.05, 0) is 36.8 Å². The molecular formula is C19H23F2N2O3S+. The maximum absolute atomic E-state index is 13.9. The first-order chi connectivity index (χ1) is 12.9. The second-order valence-electron chi connectivity index (χ2n) is 6.59. The molecule has 0 aromatic heterocycles. The molecule has 3 rings (SSSR count). The van der Waals surface area contributed by atoms with E-state index < -0.39 is 26.6 Å². The molecule has 1 fully saturated rings. The molecule has 1 aliphatic rings. The molecule has 0 aliphatic carbocycles. The number of hydrogen-bond donors (Lipinski definition) is 1. The lowest BCUT2D eigenvalue weighted by molar-refractivity contribution is -0.903. The van der Waals surface area contributed by atoms with Crippen LogP contribution in [-0.2, 0) is 10.0 Å². The minimum absolute atomic E-state index is 0.262. The molecule has 27 heavy (non-hydrogen) atoms. The van der Waals surface area contributed by atoms with Crippen molar-refractivity contribution < 1.29 is 26.8 Å². The molecule has 0 spiro atoms. The van der Waals surface area contributed by atoms with E-state index >= 15 is 0 Å². The molecule has 2 aromatic carbocycles. The average molecular weight is 397 g/mol. The van der Waals surface area contributed by atoms with E-state index in [0.29, 0.717) is 19.7 Å². The Morgan fingerprint density at radius 2 is 1.81 bits per heavy atom. The summed E-state index contributed by atoms with van der Waals surface area (Å²) in [5.41, 5.74) is 1.07. The normalized spacial score (nSPS) is 16.4. The van der Waals surface area contributed by atoms with Crippen molar-refractivity contribution in [3.63, 3.8) is 0 Å². The van der Waals surface area contributed by atoms with Gasteiger partial charge in [0.2, 0.25) is 10.0 Å². The van der Waals surface area contributed by atoms with E-state index in [4.69, 9.17) is 4.74 Å². The molecule has 0 amide bonds. The smallest absolute Gasteiger partial charge is 0.246 e. The summed E-state index contributed by atoms with van der Waals surface area (Å²) < 4.78 is 59.4. The number of aryl methyl sites for hydroxylation is 1. The zero-order valence-corrected chi connectivity index (χ0v) is 15.9. The number of hydrogen-bond acceptors (Lipinski definition) is 3. The Balaban J connectivity index is 1.54. The van der Waals surface area contributed by atoms with Gasteiger partial charge in [-0.25, -0.2) is 17.2 Å². The van der Waals surface area contributed by atoms with E-state index in [9.17, 15) is 17.2 Å². The Bertz CT molecular complexity index is 898. The number of para-hydroxylation sites is 1. The van der Waals surface area contributed by atoms with Crippen molar-refractivity contribution in [3.05, 3.63) is 59.7 Å². The van der Waals surface area contributed by atoms with Gasteiger partial charge in [0, 0.05) is 0 Å². The third-order valence-electron chi connectivity index (χ3n) is 4.75. The lowest BCUT2D eigenvalue weighted by Crippen LogP contribution is -3.15. The van der Waals surface area contributed by atoms with E-state index in [1.54, 1.807) is 0 Å². The fourth-order valence-electron chi connectivity index (χ4n) is 3.13. The number of benzene rings is 2. The standard InChI is InChI=1S/C19H22F2N2O3S/c1-15-4-2-3-5-18(15)26-13-12-22-8-10-23(11-9-22)27(24,25)19-14-16(20)6-7-17(19)21/h2-7,14H,8-13H2,1H3/p+1. The van der Waals surface area contributed by atoms with Gasteiger partial charge in [0.25, 0.3) is 0 Å². The summed E-state index contributed by atoms with van der Waals surface area (Å²) in [6.45, 7) is 4.97. The van der Waals surface area contributed by atoms with Crippen molar-refractivity contribution in [1.82, 2.24) is 4.31 Å². The Kier molecular flexibility index (Phi) is 6.08. The van der Waals surface area contributed by atoms with Crippen LogP contribution >= 0.6 is 0 Å². The van der Waals surface area contributed by atoms with Crippen LogP contribution in [-0.4, -0.2) is 52.1 Å². The Morgan fingerprint density at radius 1 is 1.11 bits per heavy atom.